The van der Waals surface area contributed by atoms with Gasteiger partial charge < -0.3 is 14.2 Å². The van der Waals surface area contributed by atoms with Crippen LogP contribution in [0.5, 0.6) is 11.5 Å². The summed E-state index contributed by atoms with van der Waals surface area (Å²) in [6.07, 6.45) is 3.96. The number of aromatic nitrogens is 3. The number of benzene rings is 1. The fourth-order valence-corrected chi connectivity index (χ4v) is 4.97. The van der Waals surface area contributed by atoms with Gasteiger partial charge in [-0.25, -0.2) is 4.98 Å². The lowest BCUT2D eigenvalue weighted by Gasteiger charge is -2.19. The van der Waals surface area contributed by atoms with Gasteiger partial charge in [0.25, 0.3) is 0 Å². The average molecular weight is 426 g/mol. The Hall–Kier alpha value is -2.91. The van der Waals surface area contributed by atoms with E-state index in [9.17, 15) is 4.79 Å². The summed E-state index contributed by atoms with van der Waals surface area (Å²) >= 11 is 1.58. The first-order chi connectivity index (χ1) is 14.6. The van der Waals surface area contributed by atoms with Crippen LogP contribution in [0, 0.1) is 0 Å². The van der Waals surface area contributed by atoms with E-state index in [-0.39, 0.29) is 19.1 Å². The highest BCUT2D eigenvalue weighted by molar-refractivity contribution is 7.16. The van der Waals surface area contributed by atoms with Crippen molar-refractivity contribution < 1.29 is 19.0 Å². The Labute approximate surface area is 178 Å². The van der Waals surface area contributed by atoms with E-state index in [1.807, 2.05) is 36.1 Å². The summed E-state index contributed by atoms with van der Waals surface area (Å²) in [4.78, 5) is 21.0. The standard InChI is InChI=1S/C21H22N4O4S/c1-24-15-4-6-18-20(14(15)11-22-24)23-21(30-18)25(7-8-27-2)19(26)10-13-3-5-16-17(9-13)29-12-28-16/h3,5,9,11H,4,6-8,10,12H2,1-2H3. The molecule has 30 heavy (non-hydrogen) atoms. The molecule has 0 saturated carbocycles. The highest BCUT2D eigenvalue weighted by Gasteiger charge is 2.27. The highest BCUT2D eigenvalue weighted by Crippen LogP contribution is 2.39. The number of methoxy groups -OCH3 is 1. The van der Waals surface area contributed by atoms with Crippen molar-refractivity contribution in [2.24, 2.45) is 7.05 Å². The van der Waals surface area contributed by atoms with Gasteiger partial charge >= 0.3 is 0 Å². The van der Waals surface area contributed by atoms with Crippen LogP contribution in [0.2, 0.25) is 0 Å². The molecule has 0 atom stereocenters. The van der Waals surface area contributed by atoms with Crippen molar-refractivity contribution in [3.63, 3.8) is 0 Å². The van der Waals surface area contributed by atoms with Crippen LogP contribution in [0.3, 0.4) is 0 Å². The number of nitrogens with zero attached hydrogens (tertiary/aromatic N) is 4. The minimum Gasteiger partial charge on any atom is -0.454 e. The van der Waals surface area contributed by atoms with Crippen molar-refractivity contribution in [1.29, 1.82) is 0 Å². The summed E-state index contributed by atoms with van der Waals surface area (Å²) < 4.78 is 17.9. The molecule has 5 rings (SSSR count). The molecule has 9 heteroatoms. The van der Waals surface area contributed by atoms with Crippen molar-refractivity contribution in [2.45, 2.75) is 19.3 Å². The van der Waals surface area contributed by atoms with Crippen LogP contribution in [-0.4, -0.2) is 47.7 Å². The summed E-state index contributed by atoms with van der Waals surface area (Å²) in [5.74, 6) is 1.36. The van der Waals surface area contributed by atoms with Crippen LogP contribution in [0.25, 0.3) is 11.3 Å². The molecular weight excluding hydrogens is 404 g/mol. The topological polar surface area (TPSA) is 78.7 Å². The van der Waals surface area contributed by atoms with Gasteiger partial charge in [-0.3, -0.25) is 14.4 Å². The predicted molar refractivity (Wildman–Crippen MR) is 112 cm³/mol. The maximum absolute atomic E-state index is 13.2. The first-order valence-corrected chi connectivity index (χ1v) is 10.6. The number of rotatable bonds is 6. The van der Waals surface area contributed by atoms with Crippen LogP contribution in [0.1, 0.15) is 16.1 Å². The molecule has 0 N–H and O–H groups in total. The molecule has 1 aliphatic carbocycles. The molecule has 0 unspecified atom stereocenters. The van der Waals surface area contributed by atoms with Gasteiger partial charge in [0, 0.05) is 30.3 Å². The normalized spacial score (nSPS) is 13.8. The number of thiazole rings is 1. The molecule has 0 fully saturated rings. The van der Waals surface area contributed by atoms with Crippen LogP contribution >= 0.6 is 11.3 Å². The zero-order chi connectivity index (χ0) is 20.7. The number of hydrogen-bond donors (Lipinski definition) is 0. The molecule has 0 saturated heterocycles. The Morgan fingerprint density at radius 1 is 1.30 bits per heavy atom. The number of anilines is 1. The van der Waals surface area contributed by atoms with Crippen molar-refractivity contribution in [1.82, 2.24) is 14.8 Å². The van der Waals surface area contributed by atoms with E-state index in [4.69, 9.17) is 19.2 Å². The quantitative estimate of drug-likeness (QED) is 0.603. The van der Waals surface area contributed by atoms with E-state index in [0.29, 0.717) is 29.8 Å². The Morgan fingerprint density at radius 2 is 2.17 bits per heavy atom. The SMILES string of the molecule is COCCN(C(=O)Cc1ccc2c(c1)OCO2)c1nc2c(s1)CCc1c-2cnn1C. The number of fused-ring (bicyclic) bond motifs is 4. The lowest BCUT2D eigenvalue weighted by Crippen LogP contribution is -2.35. The van der Waals surface area contributed by atoms with E-state index in [2.05, 4.69) is 5.10 Å². The van der Waals surface area contributed by atoms with E-state index >= 15 is 0 Å². The van der Waals surface area contributed by atoms with Gasteiger partial charge in [-0.05, 0) is 30.5 Å². The predicted octanol–water partition coefficient (Wildman–Crippen LogP) is 2.59. The van der Waals surface area contributed by atoms with E-state index in [0.717, 1.165) is 29.7 Å². The van der Waals surface area contributed by atoms with Crippen LogP contribution < -0.4 is 14.4 Å². The van der Waals surface area contributed by atoms with E-state index in [1.54, 1.807) is 23.3 Å². The first-order valence-electron chi connectivity index (χ1n) is 9.83. The second kappa shape index (κ2) is 7.73. The minimum absolute atomic E-state index is 0.0246. The lowest BCUT2D eigenvalue weighted by atomic mass is 10.0. The van der Waals surface area contributed by atoms with Crippen LogP contribution in [0.4, 0.5) is 5.13 Å². The first kappa shape index (κ1) is 19.1. The fourth-order valence-electron chi connectivity index (χ4n) is 3.85. The molecule has 1 amide bonds. The van der Waals surface area contributed by atoms with E-state index in [1.165, 1.54) is 10.6 Å². The third-order valence-electron chi connectivity index (χ3n) is 5.43. The highest BCUT2D eigenvalue weighted by atomic mass is 32.1. The number of carbonyl (C=O) groups excluding carboxylic acids is 1. The minimum atomic E-state index is -0.0246. The molecule has 0 bridgehead atoms. The van der Waals surface area contributed by atoms with Gasteiger partial charge in [-0.2, -0.15) is 5.10 Å². The molecule has 8 nitrogen and oxygen atoms in total. The number of amides is 1. The van der Waals surface area contributed by atoms with Gasteiger partial charge in [-0.15, -0.1) is 11.3 Å². The van der Waals surface area contributed by atoms with Crippen LogP contribution in [0.15, 0.2) is 24.4 Å². The zero-order valence-corrected chi connectivity index (χ0v) is 17.7. The molecule has 2 aliphatic rings. The molecule has 0 radical (unpaired) electrons. The molecule has 2 aromatic heterocycles. The van der Waals surface area contributed by atoms with Gasteiger partial charge in [0.05, 0.1) is 31.5 Å². The summed E-state index contributed by atoms with van der Waals surface area (Å²) in [7, 11) is 3.59. The van der Waals surface area contributed by atoms with Gasteiger partial charge in [0.1, 0.15) is 0 Å². The number of aryl methyl sites for hydroxylation is 2. The van der Waals surface area contributed by atoms with Crippen molar-refractivity contribution in [3.8, 4) is 22.8 Å². The third-order valence-corrected chi connectivity index (χ3v) is 6.57. The summed E-state index contributed by atoms with van der Waals surface area (Å²) in [5.41, 5.74) is 4.08. The summed E-state index contributed by atoms with van der Waals surface area (Å²) in [6, 6.07) is 5.61. The summed E-state index contributed by atoms with van der Waals surface area (Å²) in [5, 5.41) is 5.09. The Bertz CT molecular complexity index is 1110. The lowest BCUT2D eigenvalue weighted by molar-refractivity contribution is -0.118. The number of hydrogen-bond acceptors (Lipinski definition) is 7. The van der Waals surface area contributed by atoms with Gasteiger partial charge in [-0.1, -0.05) is 6.07 Å². The second-order valence-corrected chi connectivity index (χ2v) is 8.36. The van der Waals surface area contributed by atoms with Gasteiger partial charge in [0.15, 0.2) is 16.6 Å². The molecule has 1 aliphatic heterocycles. The van der Waals surface area contributed by atoms with Crippen molar-refractivity contribution in [3.05, 3.63) is 40.5 Å². The molecule has 156 valence electrons. The summed E-state index contributed by atoms with van der Waals surface area (Å²) in [6.45, 7) is 1.11. The zero-order valence-electron chi connectivity index (χ0n) is 16.9. The second-order valence-electron chi connectivity index (χ2n) is 7.30. The maximum atomic E-state index is 13.2. The molecule has 3 aromatic rings. The van der Waals surface area contributed by atoms with E-state index < -0.39 is 0 Å². The Morgan fingerprint density at radius 3 is 3.03 bits per heavy atom. The monoisotopic (exact) mass is 426 g/mol. The third kappa shape index (κ3) is 3.33. The van der Waals surface area contributed by atoms with Crippen LogP contribution in [-0.2, 0) is 35.8 Å². The van der Waals surface area contributed by atoms with Crippen molar-refractivity contribution >= 4 is 22.4 Å². The smallest absolute Gasteiger partial charge is 0.233 e. The number of carbonyl (C=O) groups is 1. The fraction of sp³-hybridized carbons (Fsp3) is 0.381. The molecule has 1 aromatic carbocycles. The van der Waals surface area contributed by atoms with Gasteiger partial charge in [0.2, 0.25) is 12.7 Å². The number of ether oxygens (including phenoxy) is 3. The average Bonchev–Trinajstić information content (AvgIpc) is 3.46. The molecular formula is C21H22N4O4S. The Balaban J connectivity index is 1.42. The largest absolute Gasteiger partial charge is 0.454 e. The molecule has 0 spiro atoms. The maximum Gasteiger partial charge on any atom is 0.233 e. The Kier molecular flexibility index (Phi) is 4.92. The molecule has 3 heterocycles. The van der Waals surface area contributed by atoms with Crippen molar-refractivity contribution in [2.75, 3.05) is 32.0 Å².